The summed E-state index contributed by atoms with van der Waals surface area (Å²) in [5.41, 5.74) is 7.50. The van der Waals surface area contributed by atoms with Gasteiger partial charge >= 0.3 is 0 Å². The Morgan fingerprint density at radius 2 is 1.80 bits per heavy atom. The quantitative estimate of drug-likeness (QED) is 0.738. The van der Waals surface area contributed by atoms with E-state index < -0.39 is 0 Å². The number of benzene rings is 2. The number of hydrogen-bond acceptors (Lipinski definition) is 2. The van der Waals surface area contributed by atoms with E-state index in [1.807, 2.05) is 48.7 Å². The number of nitrogen functional groups attached to an aromatic ring is 1. The van der Waals surface area contributed by atoms with Crippen LogP contribution in [0.4, 0.5) is 5.69 Å². The first-order valence-corrected chi connectivity index (χ1v) is 6.83. The van der Waals surface area contributed by atoms with Crippen LogP contribution in [0.3, 0.4) is 0 Å². The van der Waals surface area contributed by atoms with E-state index in [0.29, 0.717) is 6.61 Å². The molecular weight excluding hydrogens is 272 g/mol. The molecule has 102 valence electrons. The van der Waals surface area contributed by atoms with Crippen molar-refractivity contribution >= 4 is 28.2 Å². The zero-order valence-electron chi connectivity index (χ0n) is 10.9. The molecule has 0 amide bonds. The van der Waals surface area contributed by atoms with Crippen molar-refractivity contribution in [2.24, 2.45) is 0 Å². The summed E-state index contributed by atoms with van der Waals surface area (Å²) in [6.07, 6.45) is 1.94. The largest absolute Gasteiger partial charge is 0.492 e. The highest BCUT2D eigenvalue weighted by Crippen LogP contribution is 2.25. The number of para-hydroxylation sites is 1. The third-order valence-electron chi connectivity index (χ3n) is 3.22. The first kappa shape index (κ1) is 12.9. The minimum Gasteiger partial charge on any atom is -0.492 e. The maximum Gasteiger partial charge on any atom is 0.119 e. The van der Waals surface area contributed by atoms with Gasteiger partial charge in [0.05, 0.1) is 11.6 Å². The monoisotopic (exact) mass is 286 g/mol. The van der Waals surface area contributed by atoms with E-state index in [0.717, 1.165) is 33.9 Å². The third-order valence-corrected chi connectivity index (χ3v) is 3.52. The average Bonchev–Trinajstić information content (AvgIpc) is 2.79. The minimum absolute atomic E-state index is 0.582. The topological polar surface area (TPSA) is 40.2 Å². The lowest BCUT2D eigenvalue weighted by molar-refractivity contribution is 0.300. The number of nitrogens with two attached hydrogens (primary N) is 1. The van der Waals surface area contributed by atoms with Crippen molar-refractivity contribution in [2.75, 3.05) is 12.3 Å². The van der Waals surface area contributed by atoms with Crippen LogP contribution in [0.2, 0.25) is 5.02 Å². The molecule has 0 saturated heterocycles. The highest BCUT2D eigenvalue weighted by Gasteiger charge is 2.05. The van der Waals surface area contributed by atoms with Crippen molar-refractivity contribution in [3.63, 3.8) is 0 Å². The maximum absolute atomic E-state index is 6.22. The molecule has 0 aliphatic rings. The predicted molar refractivity (Wildman–Crippen MR) is 83.3 cm³/mol. The number of ether oxygens (including phenoxy) is 1. The number of aromatic nitrogens is 1. The molecule has 1 heterocycles. The van der Waals surface area contributed by atoms with E-state index in [1.165, 1.54) is 0 Å². The van der Waals surface area contributed by atoms with Gasteiger partial charge in [0.2, 0.25) is 0 Å². The smallest absolute Gasteiger partial charge is 0.119 e. The Morgan fingerprint density at radius 3 is 2.60 bits per heavy atom. The van der Waals surface area contributed by atoms with Crippen molar-refractivity contribution in [1.82, 2.24) is 4.57 Å². The molecular formula is C16H15ClN2O. The van der Waals surface area contributed by atoms with E-state index in [2.05, 4.69) is 10.6 Å². The van der Waals surface area contributed by atoms with Gasteiger partial charge in [0, 0.05) is 22.8 Å². The van der Waals surface area contributed by atoms with Gasteiger partial charge in [-0.25, -0.2) is 0 Å². The van der Waals surface area contributed by atoms with E-state index in [4.69, 9.17) is 22.1 Å². The van der Waals surface area contributed by atoms with E-state index >= 15 is 0 Å². The number of rotatable bonds is 4. The number of anilines is 1. The normalized spacial score (nSPS) is 10.8. The SMILES string of the molecule is Nc1ccc(OCCn2cc(Cl)c3ccccc32)cc1. The summed E-state index contributed by atoms with van der Waals surface area (Å²) in [5.74, 6) is 0.821. The van der Waals surface area contributed by atoms with Crippen LogP contribution in [0.5, 0.6) is 5.75 Å². The molecule has 2 N–H and O–H groups in total. The molecule has 1 aromatic heterocycles. The van der Waals surface area contributed by atoms with Gasteiger partial charge in [0.25, 0.3) is 0 Å². The van der Waals surface area contributed by atoms with E-state index in [9.17, 15) is 0 Å². The number of halogens is 1. The van der Waals surface area contributed by atoms with Crippen molar-refractivity contribution < 1.29 is 4.74 Å². The molecule has 0 bridgehead atoms. The Kier molecular flexibility index (Phi) is 3.52. The Morgan fingerprint density at radius 1 is 1.05 bits per heavy atom. The second kappa shape index (κ2) is 5.47. The Labute approximate surface area is 122 Å². The molecule has 0 aliphatic heterocycles. The first-order chi connectivity index (χ1) is 9.74. The van der Waals surface area contributed by atoms with Gasteiger partial charge in [0.1, 0.15) is 12.4 Å². The molecule has 0 aliphatic carbocycles. The Hall–Kier alpha value is -2.13. The molecule has 4 heteroatoms. The van der Waals surface area contributed by atoms with Crippen molar-refractivity contribution in [1.29, 1.82) is 0 Å². The Bertz CT molecular complexity index is 719. The second-order valence-electron chi connectivity index (χ2n) is 4.61. The molecule has 3 aromatic rings. The molecule has 0 spiro atoms. The van der Waals surface area contributed by atoms with Gasteiger partial charge in [-0.3, -0.25) is 0 Å². The standard InChI is InChI=1S/C16H15ClN2O/c17-15-11-19(16-4-2-1-3-14(15)16)9-10-20-13-7-5-12(18)6-8-13/h1-8,11H,9-10,18H2. The zero-order chi connectivity index (χ0) is 13.9. The van der Waals surface area contributed by atoms with Crippen LogP contribution in [0, 0.1) is 0 Å². The first-order valence-electron chi connectivity index (χ1n) is 6.46. The van der Waals surface area contributed by atoms with Gasteiger partial charge in [-0.05, 0) is 30.3 Å². The summed E-state index contributed by atoms with van der Waals surface area (Å²) in [5, 5.41) is 1.84. The predicted octanol–water partition coefficient (Wildman–Crippen LogP) is 3.96. The zero-order valence-corrected chi connectivity index (χ0v) is 11.7. The van der Waals surface area contributed by atoms with Crippen molar-refractivity contribution in [3.05, 3.63) is 59.8 Å². The summed E-state index contributed by atoms with van der Waals surface area (Å²) in [6, 6.07) is 15.5. The lowest BCUT2D eigenvalue weighted by Gasteiger charge is -2.08. The molecule has 20 heavy (non-hydrogen) atoms. The number of hydrogen-bond donors (Lipinski definition) is 1. The number of fused-ring (bicyclic) bond motifs is 1. The van der Waals surface area contributed by atoms with Crippen LogP contribution in [-0.4, -0.2) is 11.2 Å². The average molecular weight is 287 g/mol. The summed E-state index contributed by atoms with van der Waals surface area (Å²) in [6.45, 7) is 1.33. The van der Waals surface area contributed by atoms with Crippen molar-refractivity contribution in [3.8, 4) is 5.75 Å². The van der Waals surface area contributed by atoms with Crippen LogP contribution in [0.15, 0.2) is 54.7 Å². The molecule has 3 rings (SSSR count). The van der Waals surface area contributed by atoms with E-state index in [1.54, 1.807) is 0 Å². The minimum atomic E-state index is 0.582. The van der Waals surface area contributed by atoms with Crippen LogP contribution in [-0.2, 0) is 6.54 Å². The molecule has 0 saturated carbocycles. The maximum atomic E-state index is 6.22. The van der Waals surface area contributed by atoms with Crippen LogP contribution < -0.4 is 10.5 Å². The summed E-state index contributed by atoms with van der Waals surface area (Å²) >= 11 is 6.22. The molecule has 0 radical (unpaired) electrons. The highest BCUT2D eigenvalue weighted by molar-refractivity contribution is 6.35. The highest BCUT2D eigenvalue weighted by atomic mass is 35.5. The van der Waals surface area contributed by atoms with Crippen molar-refractivity contribution in [2.45, 2.75) is 6.54 Å². The van der Waals surface area contributed by atoms with Crippen LogP contribution in [0.25, 0.3) is 10.9 Å². The van der Waals surface area contributed by atoms with Gasteiger partial charge in [-0.2, -0.15) is 0 Å². The molecule has 0 fully saturated rings. The van der Waals surface area contributed by atoms with Gasteiger partial charge in [-0.1, -0.05) is 29.8 Å². The van der Waals surface area contributed by atoms with Crippen LogP contribution in [0.1, 0.15) is 0 Å². The number of nitrogens with zero attached hydrogens (tertiary/aromatic N) is 1. The lowest BCUT2D eigenvalue weighted by Crippen LogP contribution is -2.07. The van der Waals surface area contributed by atoms with Gasteiger partial charge < -0.3 is 15.0 Å². The Balaban J connectivity index is 1.70. The van der Waals surface area contributed by atoms with Crippen LogP contribution >= 0.6 is 11.6 Å². The molecule has 2 aromatic carbocycles. The lowest BCUT2D eigenvalue weighted by atomic mass is 10.2. The molecule has 3 nitrogen and oxygen atoms in total. The van der Waals surface area contributed by atoms with Gasteiger partial charge in [-0.15, -0.1) is 0 Å². The molecule has 0 unspecified atom stereocenters. The second-order valence-corrected chi connectivity index (χ2v) is 5.01. The van der Waals surface area contributed by atoms with Gasteiger partial charge in [0.15, 0.2) is 0 Å². The summed E-state index contributed by atoms with van der Waals surface area (Å²) < 4.78 is 7.81. The third kappa shape index (κ3) is 2.58. The summed E-state index contributed by atoms with van der Waals surface area (Å²) in [7, 11) is 0. The fraction of sp³-hybridized carbons (Fsp3) is 0.125. The molecule has 0 atom stereocenters. The fourth-order valence-electron chi connectivity index (χ4n) is 2.21. The fourth-order valence-corrected chi connectivity index (χ4v) is 2.49. The van der Waals surface area contributed by atoms with E-state index in [-0.39, 0.29) is 0 Å². The summed E-state index contributed by atoms with van der Waals surface area (Å²) in [4.78, 5) is 0.